The molecule has 0 spiro atoms. The molecule has 2 aromatic rings. The molecule has 1 aliphatic rings. The molecular weight excluding hydrogens is 299 g/mol. The number of aromatic amines is 1. The van der Waals surface area contributed by atoms with Crippen molar-refractivity contribution in [3.8, 4) is 0 Å². The van der Waals surface area contributed by atoms with Gasteiger partial charge in [0.2, 0.25) is 0 Å². The van der Waals surface area contributed by atoms with Crippen molar-refractivity contribution in [3.63, 3.8) is 0 Å². The van der Waals surface area contributed by atoms with E-state index in [-0.39, 0.29) is 29.0 Å². The van der Waals surface area contributed by atoms with Crippen molar-refractivity contribution in [2.24, 2.45) is 0 Å². The Morgan fingerprint density at radius 2 is 2.00 bits per heavy atom. The lowest BCUT2D eigenvalue weighted by molar-refractivity contribution is -0.0229. The number of carbonyl (C=O) groups excluding carboxylic acids is 1. The van der Waals surface area contributed by atoms with Gasteiger partial charge in [-0.15, -0.1) is 0 Å². The highest BCUT2D eigenvalue weighted by molar-refractivity contribution is 5.93. The number of aromatic nitrogens is 1. The largest absolute Gasteiger partial charge is 0.370 e. The number of H-pyrrole nitrogens is 1. The highest BCUT2D eigenvalue weighted by Gasteiger charge is 2.27. The zero-order chi connectivity index (χ0) is 16.4. The quantitative estimate of drug-likeness (QED) is 0.922. The molecule has 0 saturated carbocycles. The van der Waals surface area contributed by atoms with Crippen LogP contribution < -0.4 is 5.56 Å². The number of ether oxygens (including phenoxy) is 1. The van der Waals surface area contributed by atoms with Crippen molar-refractivity contribution in [3.05, 3.63) is 69.4 Å². The molecule has 0 radical (unpaired) electrons. The molecule has 1 fully saturated rings. The number of halogens is 1. The first-order valence-electron chi connectivity index (χ1n) is 7.41. The number of hydrogen-bond acceptors (Lipinski definition) is 3. The number of aryl methyl sites for hydroxylation is 1. The second kappa shape index (κ2) is 6.34. The second-order valence-corrected chi connectivity index (χ2v) is 5.55. The summed E-state index contributed by atoms with van der Waals surface area (Å²) in [7, 11) is 0. The number of benzene rings is 1. The van der Waals surface area contributed by atoms with Gasteiger partial charge in [-0.25, -0.2) is 4.39 Å². The average Bonchev–Trinajstić information content (AvgIpc) is 2.55. The predicted molar refractivity (Wildman–Crippen MR) is 82.8 cm³/mol. The van der Waals surface area contributed by atoms with Gasteiger partial charge in [0.05, 0.1) is 13.2 Å². The van der Waals surface area contributed by atoms with Crippen LogP contribution in [0.1, 0.15) is 27.7 Å². The predicted octanol–water partition coefficient (Wildman–Crippen LogP) is 2.04. The highest BCUT2D eigenvalue weighted by Crippen LogP contribution is 2.23. The van der Waals surface area contributed by atoms with E-state index in [1.54, 1.807) is 36.1 Å². The first kappa shape index (κ1) is 15.4. The summed E-state index contributed by atoms with van der Waals surface area (Å²) in [4.78, 5) is 28.7. The van der Waals surface area contributed by atoms with E-state index < -0.39 is 0 Å². The molecular formula is C17H17FN2O3. The van der Waals surface area contributed by atoms with Crippen molar-refractivity contribution < 1.29 is 13.9 Å². The number of morpholine rings is 1. The van der Waals surface area contributed by atoms with Crippen LogP contribution in [0.25, 0.3) is 0 Å². The molecule has 1 atom stereocenters. The Hall–Kier alpha value is -2.47. The molecule has 0 bridgehead atoms. The van der Waals surface area contributed by atoms with Crippen molar-refractivity contribution in [1.82, 2.24) is 9.88 Å². The van der Waals surface area contributed by atoms with Gasteiger partial charge >= 0.3 is 0 Å². The number of nitrogens with one attached hydrogen (secondary N) is 1. The number of hydrogen-bond donors (Lipinski definition) is 1. The summed E-state index contributed by atoms with van der Waals surface area (Å²) in [5, 5.41) is 0. The summed E-state index contributed by atoms with van der Waals surface area (Å²) in [6, 6.07) is 9.26. The Kier molecular flexibility index (Phi) is 4.25. The van der Waals surface area contributed by atoms with Crippen LogP contribution in [0.5, 0.6) is 0 Å². The number of nitrogens with zero attached hydrogens (tertiary/aromatic N) is 1. The Balaban J connectivity index is 1.79. The third kappa shape index (κ3) is 3.32. The summed E-state index contributed by atoms with van der Waals surface area (Å²) in [5.74, 6) is -0.634. The van der Waals surface area contributed by atoms with Crippen LogP contribution in [0.3, 0.4) is 0 Å². The SMILES string of the molecule is Cc1ccc(C(=O)N2CCOC(c3ccc(F)cc3)C2)c(=O)[nH]1. The van der Waals surface area contributed by atoms with Crippen LogP contribution in [0.2, 0.25) is 0 Å². The van der Waals surface area contributed by atoms with Crippen molar-refractivity contribution >= 4 is 5.91 Å². The summed E-state index contributed by atoms with van der Waals surface area (Å²) in [6.45, 7) is 2.88. The van der Waals surface area contributed by atoms with E-state index in [2.05, 4.69) is 4.98 Å². The van der Waals surface area contributed by atoms with E-state index in [1.807, 2.05) is 0 Å². The maximum absolute atomic E-state index is 13.0. The molecule has 23 heavy (non-hydrogen) atoms. The van der Waals surface area contributed by atoms with Gasteiger partial charge in [-0.3, -0.25) is 9.59 Å². The van der Waals surface area contributed by atoms with E-state index in [9.17, 15) is 14.0 Å². The van der Waals surface area contributed by atoms with Gasteiger partial charge in [-0.2, -0.15) is 0 Å². The molecule has 120 valence electrons. The van der Waals surface area contributed by atoms with E-state index in [4.69, 9.17) is 4.74 Å². The first-order valence-corrected chi connectivity index (χ1v) is 7.41. The molecule has 5 nitrogen and oxygen atoms in total. The molecule has 1 aromatic carbocycles. The van der Waals surface area contributed by atoms with Gasteiger partial charge in [0.25, 0.3) is 11.5 Å². The van der Waals surface area contributed by atoms with Crippen LogP contribution in [0, 0.1) is 12.7 Å². The van der Waals surface area contributed by atoms with Crippen LogP contribution in [-0.2, 0) is 4.74 Å². The molecule has 0 aliphatic carbocycles. The van der Waals surface area contributed by atoms with Gasteiger partial charge in [-0.1, -0.05) is 12.1 Å². The number of rotatable bonds is 2. The lowest BCUT2D eigenvalue weighted by atomic mass is 10.1. The van der Waals surface area contributed by atoms with Gasteiger partial charge in [-0.05, 0) is 36.8 Å². The average molecular weight is 316 g/mol. The minimum atomic E-state index is -0.389. The van der Waals surface area contributed by atoms with E-state index in [1.165, 1.54) is 12.1 Å². The topological polar surface area (TPSA) is 62.4 Å². The summed E-state index contributed by atoms with van der Waals surface area (Å²) in [6.07, 6.45) is -0.321. The number of amides is 1. The van der Waals surface area contributed by atoms with Crippen LogP contribution >= 0.6 is 0 Å². The van der Waals surface area contributed by atoms with Crippen molar-refractivity contribution in [2.75, 3.05) is 19.7 Å². The zero-order valence-electron chi connectivity index (χ0n) is 12.7. The molecule has 1 saturated heterocycles. The van der Waals surface area contributed by atoms with Gasteiger partial charge in [0.1, 0.15) is 17.5 Å². The van der Waals surface area contributed by atoms with Gasteiger partial charge < -0.3 is 14.6 Å². The zero-order valence-corrected chi connectivity index (χ0v) is 12.7. The molecule has 1 aromatic heterocycles. The maximum Gasteiger partial charge on any atom is 0.260 e. The summed E-state index contributed by atoms with van der Waals surface area (Å²) < 4.78 is 18.7. The second-order valence-electron chi connectivity index (χ2n) is 5.55. The molecule has 1 aliphatic heterocycles. The van der Waals surface area contributed by atoms with E-state index in [0.717, 1.165) is 5.56 Å². The highest BCUT2D eigenvalue weighted by atomic mass is 19.1. The standard InChI is InChI=1S/C17H17FN2O3/c1-11-2-7-14(16(21)19-11)17(22)20-8-9-23-15(10-20)12-3-5-13(18)6-4-12/h2-7,15H,8-10H2,1H3,(H,19,21). The Bertz CT molecular complexity index is 770. The fourth-order valence-electron chi connectivity index (χ4n) is 2.62. The Labute approximate surface area is 132 Å². The molecule has 1 unspecified atom stereocenters. The van der Waals surface area contributed by atoms with Gasteiger partial charge in [0.15, 0.2) is 0 Å². The normalized spacial score (nSPS) is 18.0. The Morgan fingerprint density at radius 3 is 2.70 bits per heavy atom. The molecule has 1 N–H and O–H groups in total. The van der Waals surface area contributed by atoms with Crippen molar-refractivity contribution in [1.29, 1.82) is 0 Å². The summed E-state index contributed by atoms with van der Waals surface area (Å²) in [5.41, 5.74) is 1.25. The minimum absolute atomic E-state index is 0.121. The van der Waals surface area contributed by atoms with E-state index in [0.29, 0.717) is 25.4 Å². The molecule has 6 heteroatoms. The smallest absolute Gasteiger partial charge is 0.260 e. The Morgan fingerprint density at radius 1 is 1.26 bits per heavy atom. The van der Waals surface area contributed by atoms with Crippen LogP contribution in [-0.4, -0.2) is 35.5 Å². The maximum atomic E-state index is 13.0. The lowest BCUT2D eigenvalue weighted by Gasteiger charge is -2.33. The molecule has 2 heterocycles. The third-order valence-electron chi connectivity index (χ3n) is 3.88. The van der Waals surface area contributed by atoms with Gasteiger partial charge in [0, 0.05) is 12.2 Å². The number of carbonyl (C=O) groups is 1. The minimum Gasteiger partial charge on any atom is -0.370 e. The number of pyridine rings is 1. The fraction of sp³-hybridized carbons (Fsp3) is 0.294. The van der Waals surface area contributed by atoms with Crippen LogP contribution in [0.15, 0.2) is 41.2 Å². The van der Waals surface area contributed by atoms with E-state index >= 15 is 0 Å². The first-order chi connectivity index (χ1) is 11.0. The summed E-state index contributed by atoms with van der Waals surface area (Å²) >= 11 is 0. The molecule has 3 rings (SSSR count). The fourth-order valence-corrected chi connectivity index (χ4v) is 2.62. The monoisotopic (exact) mass is 316 g/mol. The van der Waals surface area contributed by atoms with Crippen molar-refractivity contribution in [2.45, 2.75) is 13.0 Å². The third-order valence-corrected chi connectivity index (χ3v) is 3.88. The lowest BCUT2D eigenvalue weighted by Crippen LogP contribution is -2.43. The van der Waals surface area contributed by atoms with Crippen LogP contribution in [0.4, 0.5) is 4.39 Å². The molecule has 1 amide bonds.